The first-order chi connectivity index (χ1) is 9.29. The van der Waals surface area contributed by atoms with Gasteiger partial charge in [-0.2, -0.15) is 13.2 Å². The second-order valence-corrected chi connectivity index (χ2v) is 4.23. The zero-order valence-electron chi connectivity index (χ0n) is 9.69. The molecule has 2 aromatic rings. The van der Waals surface area contributed by atoms with E-state index in [2.05, 4.69) is 4.98 Å². The van der Waals surface area contributed by atoms with Gasteiger partial charge in [-0.15, -0.1) is 0 Å². The van der Waals surface area contributed by atoms with Gasteiger partial charge in [0.25, 0.3) is 5.69 Å². The van der Waals surface area contributed by atoms with Crippen LogP contribution in [0.4, 0.5) is 18.9 Å². The number of aromatic nitrogens is 1. The Morgan fingerprint density at radius 3 is 2.55 bits per heavy atom. The van der Waals surface area contributed by atoms with Gasteiger partial charge in [-0.1, -0.05) is 23.7 Å². The maximum absolute atomic E-state index is 12.6. The highest BCUT2D eigenvalue weighted by molar-refractivity contribution is 6.32. The molecule has 104 valence electrons. The Hall–Kier alpha value is -2.15. The zero-order valence-corrected chi connectivity index (χ0v) is 10.4. The fourth-order valence-electron chi connectivity index (χ4n) is 1.60. The van der Waals surface area contributed by atoms with E-state index in [-0.39, 0.29) is 22.0 Å². The number of alkyl halides is 3. The van der Waals surface area contributed by atoms with Crippen molar-refractivity contribution in [2.24, 2.45) is 0 Å². The van der Waals surface area contributed by atoms with Crippen LogP contribution in [0.1, 0.15) is 5.56 Å². The highest BCUT2D eigenvalue weighted by atomic mass is 35.5. The molecule has 0 atom stereocenters. The predicted molar refractivity (Wildman–Crippen MR) is 66.3 cm³/mol. The van der Waals surface area contributed by atoms with Crippen molar-refractivity contribution in [2.45, 2.75) is 6.18 Å². The summed E-state index contributed by atoms with van der Waals surface area (Å²) in [7, 11) is 0. The molecular formula is C12H6ClF3N2O2. The van der Waals surface area contributed by atoms with Crippen molar-refractivity contribution >= 4 is 17.3 Å². The van der Waals surface area contributed by atoms with Crippen LogP contribution < -0.4 is 0 Å². The van der Waals surface area contributed by atoms with Crippen LogP contribution in [0.3, 0.4) is 0 Å². The molecule has 0 aliphatic carbocycles. The molecule has 0 aliphatic heterocycles. The number of nitrogens with zero attached hydrogens (tertiary/aromatic N) is 2. The summed E-state index contributed by atoms with van der Waals surface area (Å²) in [5.41, 5.74) is -1.02. The minimum Gasteiger partial charge on any atom is -0.258 e. The molecule has 1 aromatic heterocycles. The van der Waals surface area contributed by atoms with Crippen LogP contribution in [-0.2, 0) is 6.18 Å². The lowest BCUT2D eigenvalue weighted by Gasteiger charge is -2.09. The van der Waals surface area contributed by atoms with Gasteiger partial charge in [0.1, 0.15) is 11.3 Å². The van der Waals surface area contributed by atoms with E-state index < -0.39 is 16.7 Å². The number of nitro groups is 1. The molecule has 0 amide bonds. The quantitative estimate of drug-likeness (QED) is 0.471. The Morgan fingerprint density at radius 2 is 1.95 bits per heavy atom. The Bertz CT molecular complexity index is 674. The summed E-state index contributed by atoms with van der Waals surface area (Å²) in [6, 6.07) is 5.44. The molecule has 0 radical (unpaired) electrons. The lowest BCUT2D eigenvalue weighted by atomic mass is 10.0. The van der Waals surface area contributed by atoms with E-state index in [9.17, 15) is 23.3 Å². The lowest BCUT2D eigenvalue weighted by molar-refractivity contribution is -0.385. The third-order valence-corrected chi connectivity index (χ3v) is 2.84. The Balaban J connectivity index is 2.57. The van der Waals surface area contributed by atoms with E-state index >= 15 is 0 Å². The SMILES string of the molecule is O=[N+]([O-])c1cnc(Cl)c(-c2cccc(C(F)(F)F)c2)c1. The number of hydrogen-bond donors (Lipinski definition) is 0. The Kier molecular flexibility index (Phi) is 3.63. The minimum absolute atomic E-state index is 0.0759. The molecule has 0 saturated heterocycles. The van der Waals surface area contributed by atoms with Gasteiger partial charge in [0.15, 0.2) is 0 Å². The van der Waals surface area contributed by atoms with Crippen LogP contribution in [-0.4, -0.2) is 9.91 Å². The molecule has 0 fully saturated rings. The highest BCUT2D eigenvalue weighted by Crippen LogP contribution is 2.34. The van der Waals surface area contributed by atoms with Crippen molar-refractivity contribution in [3.63, 3.8) is 0 Å². The smallest absolute Gasteiger partial charge is 0.258 e. The third-order valence-electron chi connectivity index (χ3n) is 2.54. The van der Waals surface area contributed by atoms with Gasteiger partial charge in [-0.25, -0.2) is 4.98 Å². The van der Waals surface area contributed by atoms with Crippen molar-refractivity contribution in [3.8, 4) is 11.1 Å². The molecule has 0 N–H and O–H groups in total. The molecular weight excluding hydrogens is 297 g/mol. The fourth-order valence-corrected chi connectivity index (χ4v) is 1.81. The molecule has 8 heteroatoms. The molecule has 0 saturated carbocycles. The van der Waals surface area contributed by atoms with Crippen molar-refractivity contribution in [1.82, 2.24) is 4.98 Å². The first kappa shape index (κ1) is 14.3. The highest BCUT2D eigenvalue weighted by Gasteiger charge is 2.30. The predicted octanol–water partition coefficient (Wildman–Crippen LogP) is 4.33. The van der Waals surface area contributed by atoms with E-state index in [0.717, 1.165) is 24.4 Å². The summed E-state index contributed by atoms with van der Waals surface area (Å²) < 4.78 is 37.9. The van der Waals surface area contributed by atoms with Crippen LogP contribution >= 0.6 is 11.6 Å². The molecule has 0 bridgehead atoms. The van der Waals surface area contributed by atoms with Crippen LogP contribution in [0.2, 0.25) is 5.15 Å². The van der Waals surface area contributed by atoms with Crippen molar-refractivity contribution in [2.75, 3.05) is 0 Å². The average Bonchev–Trinajstić information content (AvgIpc) is 2.38. The first-order valence-electron chi connectivity index (χ1n) is 5.26. The number of halogens is 4. The van der Waals surface area contributed by atoms with Gasteiger partial charge in [0.05, 0.1) is 10.5 Å². The first-order valence-corrected chi connectivity index (χ1v) is 5.64. The molecule has 0 unspecified atom stereocenters. The van der Waals surface area contributed by atoms with Gasteiger partial charge in [0.2, 0.25) is 0 Å². The number of hydrogen-bond acceptors (Lipinski definition) is 3. The van der Waals surface area contributed by atoms with E-state index in [1.807, 2.05) is 0 Å². The van der Waals surface area contributed by atoms with E-state index in [0.29, 0.717) is 0 Å². The van der Waals surface area contributed by atoms with E-state index in [4.69, 9.17) is 11.6 Å². The summed E-state index contributed by atoms with van der Waals surface area (Å²) in [5, 5.41) is 10.6. The summed E-state index contributed by atoms with van der Waals surface area (Å²) in [5.74, 6) is 0. The molecule has 1 heterocycles. The molecule has 0 aliphatic rings. The number of benzene rings is 1. The minimum atomic E-state index is -4.50. The van der Waals surface area contributed by atoms with E-state index in [1.54, 1.807) is 0 Å². The van der Waals surface area contributed by atoms with Crippen molar-refractivity contribution in [1.29, 1.82) is 0 Å². The Labute approximate surface area is 116 Å². The van der Waals surface area contributed by atoms with Crippen LogP contribution in [0, 0.1) is 10.1 Å². The van der Waals surface area contributed by atoms with Crippen LogP contribution in [0.25, 0.3) is 11.1 Å². The topological polar surface area (TPSA) is 56.0 Å². The molecule has 2 rings (SSSR count). The van der Waals surface area contributed by atoms with Crippen LogP contribution in [0.5, 0.6) is 0 Å². The van der Waals surface area contributed by atoms with E-state index in [1.165, 1.54) is 12.1 Å². The second-order valence-electron chi connectivity index (χ2n) is 3.87. The number of rotatable bonds is 2. The van der Waals surface area contributed by atoms with Crippen LogP contribution in [0.15, 0.2) is 36.5 Å². The van der Waals surface area contributed by atoms with Gasteiger partial charge >= 0.3 is 6.18 Å². The molecule has 1 aromatic carbocycles. The Morgan fingerprint density at radius 1 is 1.25 bits per heavy atom. The van der Waals surface area contributed by atoms with Gasteiger partial charge < -0.3 is 0 Å². The second kappa shape index (κ2) is 5.09. The van der Waals surface area contributed by atoms with Crippen molar-refractivity contribution in [3.05, 3.63) is 57.4 Å². The summed E-state index contributed by atoms with van der Waals surface area (Å²) in [4.78, 5) is 13.6. The van der Waals surface area contributed by atoms with Gasteiger partial charge in [-0.05, 0) is 17.7 Å². The molecule has 0 spiro atoms. The monoisotopic (exact) mass is 302 g/mol. The van der Waals surface area contributed by atoms with Gasteiger partial charge in [0, 0.05) is 11.6 Å². The average molecular weight is 303 g/mol. The maximum Gasteiger partial charge on any atom is 0.416 e. The standard InChI is InChI=1S/C12H6ClF3N2O2/c13-11-10(5-9(6-17-11)18(19)20)7-2-1-3-8(4-7)12(14,15)16/h1-6H. The molecule has 20 heavy (non-hydrogen) atoms. The summed E-state index contributed by atoms with van der Waals surface area (Å²) >= 11 is 5.79. The normalized spacial score (nSPS) is 11.4. The fraction of sp³-hybridized carbons (Fsp3) is 0.0833. The maximum atomic E-state index is 12.6. The molecule has 4 nitrogen and oxygen atoms in total. The largest absolute Gasteiger partial charge is 0.416 e. The summed E-state index contributed by atoms with van der Waals surface area (Å²) in [6.07, 6.45) is -3.56. The van der Waals surface area contributed by atoms with Gasteiger partial charge in [-0.3, -0.25) is 10.1 Å². The lowest BCUT2D eigenvalue weighted by Crippen LogP contribution is -2.04. The van der Waals surface area contributed by atoms with Crippen molar-refractivity contribution < 1.29 is 18.1 Å². The summed E-state index contributed by atoms with van der Waals surface area (Å²) in [6.45, 7) is 0. The zero-order chi connectivity index (χ0) is 14.9. The number of pyridine rings is 1. The third kappa shape index (κ3) is 2.88.